The van der Waals surface area contributed by atoms with E-state index in [0.717, 1.165) is 6.42 Å². The molecule has 0 saturated carbocycles. The van der Waals surface area contributed by atoms with Crippen LogP contribution >= 0.6 is 0 Å². The summed E-state index contributed by atoms with van der Waals surface area (Å²) in [5.41, 5.74) is 0. The molecule has 0 spiro atoms. The number of piperidine rings is 1. The summed E-state index contributed by atoms with van der Waals surface area (Å²) >= 11 is 0. The van der Waals surface area contributed by atoms with Crippen LogP contribution in [-0.4, -0.2) is 66.3 Å². The molecule has 3 atom stereocenters. The molecule has 0 radical (unpaired) electrons. The minimum absolute atomic E-state index is 0.166. The highest BCUT2D eigenvalue weighted by molar-refractivity contribution is 7.87. The summed E-state index contributed by atoms with van der Waals surface area (Å²) in [7, 11) is -2.01. The Morgan fingerprint density at radius 3 is 2.80 bits per heavy atom. The second-order valence-electron chi connectivity index (χ2n) is 6.68. The van der Waals surface area contributed by atoms with Gasteiger partial charge in [0, 0.05) is 32.2 Å². The Balaban J connectivity index is 1.75. The van der Waals surface area contributed by atoms with E-state index < -0.39 is 16.3 Å². The van der Waals surface area contributed by atoms with Crippen LogP contribution in [0.1, 0.15) is 26.7 Å². The van der Waals surface area contributed by atoms with Crippen molar-refractivity contribution in [3.8, 4) is 0 Å². The molecule has 2 fully saturated rings. The molecule has 140 valence electrons. The van der Waals surface area contributed by atoms with Gasteiger partial charge in [-0.25, -0.2) is 0 Å². The zero-order valence-corrected chi connectivity index (χ0v) is 15.6. The van der Waals surface area contributed by atoms with Crippen molar-refractivity contribution < 1.29 is 17.9 Å². The predicted octanol–water partition coefficient (Wildman–Crippen LogP) is -0.141. The van der Waals surface area contributed by atoms with Crippen molar-refractivity contribution in [2.45, 2.75) is 44.9 Å². The summed E-state index contributed by atoms with van der Waals surface area (Å²) < 4.78 is 36.7. The lowest BCUT2D eigenvalue weighted by Gasteiger charge is -2.38. The van der Waals surface area contributed by atoms with E-state index in [1.165, 1.54) is 4.31 Å². The summed E-state index contributed by atoms with van der Waals surface area (Å²) in [6.07, 6.45) is 2.66. The van der Waals surface area contributed by atoms with Crippen LogP contribution in [0.5, 0.6) is 0 Å². The summed E-state index contributed by atoms with van der Waals surface area (Å²) in [5, 5.41) is 4.08. The van der Waals surface area contributed by atoms with E-state index in [1.54, 1.807) is 35.8 Å². The number of aryl methyl sites for hydroxylation is 1. The molecule has 3 heterocycles. The summed E-state index contributed by atoms with van der Waals surface area (Å²) in [6.45, 7) is 4.83. The Kier molecular flexibility index (Phi) is 5.14. The lowest BCUT2D eigenvalue weighted by atomic mass is 10.1. The number of hydrogen-bond donors (Lipinski definition) is 1. The smallest absolute Gasteiger partial charge is 0.280 e. The molecule has 1 N–H and O–H groups in total. The first kappa shape index (κ1) is 18.3. The molecule has 25 heavy (non-hydrogen) atoms. The van der Waals surface area contributed by atoms with Gasteiger partial charge < -0.3 is 4.74 Å². The van der Waals surface area contributed by atoms with Gasteiger partial charge in [-0.15, -0.1) is 0 Å². The van der Waals surface area contributed by atoms with Gasteiger partial charge in [-0.3, -0.25) is 14.4 Å². The van der Waals surface area contributed by atoms with Gasteiger partial charge in [0.2, 0.25) is 5.91 Å². The maximum atomic E-state index is 12.8. The van der Waals surface area contributed by atoms with Crippen molar-refractivity contribution in [3.63, 3.8) is 0 Å². The molecule has 2 aliphatic rings. The summed E-state index contributed by atoms with van der Waals surface area (Å²) in [5.74, 6) is 0.426. The van der Waals surface area contributed by atoms with E-state index in [0.29, 0.717) is 25.4 Å². The van der Waals surface area contributed by atoms with Crippen LogP contribution in [0.25, 0.3) is 0 Å². The summed E-state index contributed by atoms with van der Waals surface area (Å²) in [6, 6.07) is 0.722. The fourth-order valence-corrected chi connectivity index (χ4v) is 4.95. The molecular formula is C15H25N5O4S. The molecule has 0 unspecified atom stereocenters. The lowest BCUT2D eigenvalue weighted by molar-refractivity contribution is -0.121. The van der Waals surface area contributed by atoms with Crippen molar-refractivity contribution >= 4 is 21.9 Å². The number of hydrogen-bond acceptors (Lipinski definition) is 5. The van der Waals surface area contributed by atoms with E-state index in [-0.39, 0.29) is 24.6 Å². The van der Waals surface area contributed by atoms with Crippen LogP contribution in [0, 0.1) is 0 Å². The molecule has 3 rings (SSSR count). The number of nitrogens with one attached hydrogen (secondary N) is 1. The predicted molar refractivity (Wildman–Crippen MR) is 92.2 cm³/mol. The van der Waals surface area contributed by atoms with Gasteiger partial charge in [0.15, 0.2) is 0 Å². The third-order valence-corrected chi connectivity index (χ3v) is 6.37. The molecule has 0 aliphatic carbocycles. The topological polar surface area (TPSA) is 96.8 Å². The van der Waals surface area contributed by atoms with Crippen molar-refractivity contribution in [1.82, 2.24) is 18.8 Å². The number of morpholine rings is 1. The Labute approximate surface area is 148 Å². The van der Waals surface area contributed by atoms with E-state index in [9.17, 15) is 13.2 Å². The first-order valence-corrected chi connectivity index (χ1v) is 9.93. The zero-order chi connectivity index (χ0) is 18.2. The van der Waals surface area contributed by atoms with E-state index >= 15 is 0 Å². The molecule has 0 bridgehead atoms. The van der Waals surface area contributed by atoms with Crippen molar-refractivity contribution in [1.29, 1.82) is 0 Å². The molecule has 2 saturated heterocycles. The van der Waals surface area contributed by atoms with Gasteiger partial charge in [0.1, 0.15) is 11.9 Å². The Hall–Kier alpha value is -1.49. The largest absolute Gasteiger partial charge is 0.375 e. The molecule has 9 nitrogen and oxygen atoms in total. The second-order valence-corrected chi connectivity index (χ2v) is 8.34. The van der Waals surface area contributed by atoms with Crippen molar-refractivity contribution in [2.24, 2.45) is 7.05 Å². The number of carbonyl (C=O) groups is 1. The molecule has 10 heteroatoms. The molecule has 1 amide bonds. The number of nitrogens with zero attached hydrogens (tertiary/aromatic N) is 4. The molecular weight excluding hydrogens is 346 g/mol. The summed E-state index contributed by atoms with van der Waals surface area (Å²) in [4.78, 5) is 14.4. The molecule has 1 aromatic rings. The fraction of sp³-hybridized carbons (Fsp3) is 0.733. The van der Waals surface area contributed by atoms with Gasteiger partial charge in [-0.2, -0.15) is 22.5 Å². The van der Waals surface area contributed by atoms with Crippen LogP contribution in [0.4, 0.5) is 5.82 Å². The van der Waals surface area contributed by atoms with Gasteiger partial charge in [-0.1, -0.05) is 0 Å². The van der Waals surface area contributed by atoms with Crippen LogP contribution in [0.3, 0.4) is 0 Å². The van der Waals surface area contributed by atoms with Crippen molar-refractivity contribution in [3.05, 3.63) is 12.3 Å². The van der Waals surface area contributed by atoms with E-state index in [1.807, 2.05) is 6.92 Å². The first-order chi connectivity index (χ1) is 11.8. The maximum Gasteiger partial charge on any atom is 0.280 e. The molecule has 2 aliphatic heterocycles. The lowest BCUT2D eigenvalue weighted by Crippen LogP contribution is -2.59. The monoisotopic (exact) mass is 371 g/mol. The number of aromatic nitrogens is 2. The van der Waals surface area contributed by atoms with Crippen LogP contribution in [-0.2, 0) is 26.8 Å². The standard InChI is InChI=1S/C15H25N5O4S/c1-11-10-24-12(2)9-20(11)25(22,23)17-13-5-4-8-19(15(13)21)14-6-7-16-18(14)3/h6-7,11-13,17H,4-5,8-10H2,1-3H3/t11-,12-,13+/m1/s1. The minimum atomic E-state index is -3.77. The quantitative estimate of drug-likeness (QED) is 0.795. The van der Waals surface area contributed by atoms with E-state index in [2.05, 4.69) is 9.82 Å². The van der Waals surface area contributed by atoms with Gasteiger partial charge in [-0.05, 0) is 26.7 Å². The number of rotatable bonds is 4. The maximum absolute atomic E-state index is 12.8. The first-order valence-electron chi connectivity index (χ1n) is 8.49. The number of amides is 1. The third kappa shape index (κ3) is 3.71. The average molecular weight is 371 g/mol. The van der Waals surface area contributed by atoms with Crippen LogP contribution in [0.15, 0.2) is 12.3 Å². The number of carbonyl (C=O) groups excluding carboxylic acids is 1. The second kappa shape index (κ2) is 7.02. The van der Waals surface area contributed by atoms with Gasteiger partial charge >= 0.3 is 0 Å². The molecule has 0 aromatic carbocycles. The normalized spacial score (nSPS) is 29.2. The third-order valence-electron chi connectivity index (χ3n) is 4.66. The highest BCUT2D eigenvalue weighted by Gasteiger charge is 2.38. The highest BCUT2D eigenvalue weighted by atomic mass is 32.2. The number of anilines is 1. The van der Waals surface area contributed by atoms with Gasteiger partial charge in [0.05, 0.1) is 18.9 Å². The van der Waals surface area contributed by atoms with E-state index in [4.69, 9.17) is 4.74 Å². The SMILES string of the molecule is C[C@@H]1CN(S(=O)(=O)N[C@H]2CCCN(c3ccnn3C)C2=O)[C@H](C)CO1. The Morgan fingerprint density at radius 1 is 1.36 bits per heavy atom. The Bertz CT molecular complexity index is 734. The fourth-order valence-electron chi connectivity index (χ4n) is 3.30. The minimum Gasteiger partial charge on any atom is -0.375 e. The van der Waals surface area contributed by atoms with Crippen molar-refractivity contribution in [2.75, 3.05) is 24.6 Å². The molecule has 1 aromatic heterocycles. The highest BCUT2D eigenvalue weighted by Crippen LogP contribution is 2.22. The van der Waals surface area contributed by atoms with Crippen LogP contribution < -0.4 is 9.62 Å². The Morgan fingerprint density at radius 2 is 2.12 bits per heavy atom. The zero-order valence-electron chi connectivity index (χ0n) is 14.8. The van der Waals surface area contributed by atoms with Gasteiger partial charge in [0.25, 0.3) is 10.2 Å². The number of ether oxygens (including phenoxy) is 1. The van der Waals surface area contributed by atoms with Crippen LogP contribution in [0.2, 0.25) is 0 Å². The average Bonchev–Trinajstić information content (AvgIpc) is 2.97.